The first-order chi connectivity index (χ1) is 2.89. The van der Waals surface area contributed by atoms with E-state index in [1.807, 2.05) is 0 Å². The van der Waals surface area contributed by atoms with Crippen molar-refractivity contribution in [2.45, 2.75) is 4.90 Å². The molecule has 31 valence electrons. The summed E-state index contributed by atoms with van der Waals surface area (Å²) in [6.07, 6.45) is 4.02. The summed E-state index contributed by atoms with van der Waals surface area (Å²) in [5.74, 6) is 0. The smallest absolute Gasteiger partial charge is 0.183 e. The highest BCUT2D eigenvalue weighted by Crippen LogP contribution is 2.01. The minimum absolute atomic E-state index is 0.745. The third kappa shape index (κ3) is 0.571. The molecular weight excluding hydrogens is 96.1 g/mol. The van der Waals surface area contributed by atoms with Crippen molar-refractivity contribution in [3.63, 3.8) is 0 Å². The van der Waals surface area contributed by atoms with Crippen molar-refractivity contribution in [1.82, 2.24) is 0 Å². The van der Waals surface area contributed by atoms with Crippen LogP contribution in [0.1, 0.15) is 0 Å². The summed E-state index contributed by atoms with van der Waals surface area (Å²) in [4.78, 5) is 0.745. The number of hydrogen-bond acceptors (Lipinski definition) is 2. The van der Waals surface area contributed by atoms with Crippen molar-refractivity contribution in [2.75, 3.05) is 0 Å². The number of furan rings is 1. The van der Waals surface area contributed by atoms with Crippen molar-refractivity contribution in [1.29, 1.82) is 0 Å². The predicted molar refractivity (Wildman–Crippen MR) is 24.8 cm³/mol. The van der Waals surface area contributed by atoms with Gasteiger partial charge in [0.2, 0.25) is 0 Å². The Hall–Kier alpha value is -0.370. The van der Waals surface area contributed by atoms with Crippen LogP contribution in [0.15, 0.2) is 21.6 Å². The summed E-state index contributed by atoms with van der Waals surface area (Å²) in [5.41, 5.74) is 0. The summed E-state index contributed by atoms with van der Waals surface area (Å²) in [5, 5.41) is 0. The summed E-state index contributed by atoms with van der Waals surface area (Å²) in [7, 11) is 0. The standard InChI is InChI=1S/C4H3OS/c6-4-1-2-5-3-4/h1-2,6H. The van der Waals surface area contributed by atoms with Gasteiger partial charge in [-0.2, -0.15) is 0 Å². The highest BCUT2D eigenvalue weighted by Gasteiger charge is 1.79. The van der Waals surface area contributed by atoms with E-state index in [1.165, 1.54) is 6.26 Å². The molecule has 0 saturated heterocycles. The Kier molecular flexibility index (Phi) is 0.881. The molecule has 1 nitrogen and oxygen atoms in total. The normalized spacial score (nSPS) is 8.83. The van der Waals surface area contributed by atoms with Crippen LogP contribution in [0, 0.1) is 6.26 Å². The fraction of sp³-hybridized carbons (Fsp3) is 0. The molecule has 1 radical (unpaired) electrons. The minimum Gasteiger partial charge on any atom is -0.460 e. The van der Waals surface area contributed by atoms with Crippen LogP contribution in [0.2, 0.25) is 0 Å². The largest absolute Gasteiger partial charge is 0.460 e. The zero-order valence-electron chi connectivity index (χ0n) is 3.01. The van der Waals surface area contributed by atoms with Gasteiger partial charge in [-0.15, -0.1) is 12.6 Å². The second-order valence-electron chi connectivity index (χ2n) is 0.908. The van der Waals surface area contributed by atoms with Gasteiger partial charge in [0.1, 0.15) is 0 Å². The lowest BCUT2D eigenvalue weighted by Gasteiger charge is -1.60. The molecule has 2 heteroatoms. The number of hydrogen-bond donors (Lipinski definition) is 1. The summed E-state index contributed by atoms with van der Waals surface area (Å²) in [6, 6.07) is 1.73. The van der Waals surface area contributed by atoms with E-state index in [2.05, 4.69) is 23.3 Å². The van der Waals surface area contributed by atoms with E-state index in [9.17, 15) is 0 Å². The van der Waals surface area contributed by atoms with Crippen molar-refractivity contribution in [3.05, 3.63) is 18.6 Å². The van der Waals surface area contributed by atoms with Crippen molar-refractivity contribution in [2.24, 2.45) is 0 Å². The summed E-state index contributed by atoms with van der Waals surface area (Å²) in [6.45, 7) is 0. The van der Waals surface area contributed by atoms with Gasteiger partial charge in [-0.25, -0.2) is 0 Å². The Bertz CT molecular complexity index is 111. The first-order valence-electron chi connectivity index (χ1n) is 1.54. The van der Waals surface area contributed by atoms with Crippen LogP contribution in [-0.2, 0) is 0 Å². The second-order valence-corrected chi connectivity index (χ2v) is 1.39. The molecule has 1 rings (SSSR count). The third-order valence-corrected chi connectivity index (χ3v) is 0.698. The molecular formula is C4H3OS. The first-order valence-corrected chi connectivity index (χ1v) is 1.98. The van der Waals surface area contributed by atoms with Crippen LogP contribution < -0.4 is 0 Å². The maximum atomic E-state index is 4.51. The average Bonchev–Trinajstić information content (AvgIpc) is 1.86. The minimum atomic E-state index is 0.745. The van der Waals surface area contributed by atoms with Gasteiger partial charge in [0.15, 0.2) is 6.26 Å². The SMILES string of the molecule is Sc1[c]occ1. The zero-order valence-corrected chi connectivity index (χ0v) is 3.90. The maximum Gasteiger partial charge on any atom is 0.183 e. The third-order valence-electron chi connectivity index (χ3n) is 0.457. The molecule has 0 aliphatic rings. The van der Waals surface area contributed by atoms with Crippen LogP contribution in [0.5, 0.6) is 0 Å². The molecule has 0 N–H and O–H groups in total. The van der Waals surface area contributed by atoms with Crippen molar-refractivity contribution < 1.29 is 4.42 Å². The fourth-order valence-corrected chi connectivity index (χ4v) is 0.340. The molecule has 0 fully saturated rings. The van der Waals surface area contributed by atoms with E-state index < -0.39 is 0 Å². The summed E-state index contributed by atoms with van der Waals surface area (Å²) < 4.78 is 4.51. The van der Waals surface area contributed by atoms with Crippen molar-refractivity contribution >= 4 is 12.6 Å². The Morgan fingerprint density at radius 3 is 2.83 bits per heavy atom. The number of rotatable bonds is 0. The molecule has 0 saturated carbocycles. The molecule has 0 amide bonds. The maximum absolute atomic E-state index is 4.51. The van der Waals surface area contributed by atoms with E-state index >= 15 is 0 Å². The van der Waals surface area contributed by atoms with Gasteiger partial charge >= 0.3 is 0 Å². The second kappa shape index (κ2) is 1.39. The molecule has 0 aromatic carbocycles. The van der Waals surface area contributed by atoms with E-state index in [0.29, 0.717) is 0 Å². The lowest BCUT2D eigenvalue weighted by molar-refractivity contribution is 0.552. The van der Waals surface area contributed by atoms with E-state index in [-0.39, 0.29) is 0 Å². The molecule has 0 unspecified atom stereocenters. The lowest BCUT2D eigenvalue weighted by Crippen LogP contribution is -1.39. The Balaban J connectivity index is 3.05. The molecule has 1 aromatic heterocycles. The molecule has 1 aromatic rings. The van der Waals surface area contributed by atoms with Crippen LogP contribution in [0.4, 0.5) is 0 Å². The van der Waals surface area contributed by atoms with Crippen molar-refractivity contribution in [3.8, 4) is 0 Å². The van der Waals surface area contributed by atoms with Gasteiger partial charge in [-0.1, -0.05) is 0 Å². The highest BCUT2D eigenvalue weighted by molar-refractivity contribution is 7.80. The fourth-order valence-electron chi connectivity index (χ4n) is 0.227. The average molecular weight is 99.1 g/mol. The van der Waals surface area contributed by atoms with Gasteiger partial charge < -0.3 is 4.42 Å². The topological polar surface area (TPSA) is 13.1 Å². The van der Waals surface area contributed by atoms with Gasteiger partial charge in [0.05, 0.1) is 11.2 Å². The molecule has 0 aliphatic heterocycles. The molecule has 0 spiro atoms. The highest BCUT2D eigenvalue weighted by atomic mass is 32.1. The molecule has 1 heterocycles. The van der Waals surface area contributed by atoms with Crippen LogP contribution >= 0.6 is 12.6 Å². The van der Waals surface area contributed by atoms with E-state index in [1.54, 1.807) is 6.07 Å². The Morgan fingerprint density at radius 2 is 2.67 bits per heavy atom. The molecule has 0 aliphatic carbocycles. The van der Waals surface area contributed by atoms with Gasteiger partial charge in [0, 0.05) is 0 Å². The van der Waals surface area contributed by atoms with Gasteiger partial charge in [-0.05, 0) is 6.07 Å². The van der Waals surface area contributed by atoms with Gasteiger partial charge in [0.25, 0.3) is 0 Å². The van der Waals surface area contributed by atoms with Crippen LogP contribution in [0.25, 0.3) is 0 Å². The lowest BCUT2D eigenvalue weighted by atomic mass is 10.7. The predicted octanol–water partition coefficient (Wildman–Crippen LogP) is 1.37. The molecule has 6 heavy (non-hydrogen) atoms. The van der Waals surface area contributed by atoms with Crippen LogP contribution in [0.3, 0.4) is 0 Å². The van der Waals surface area contributed by atoms with Crippen LogP contribution in [-0.4, -0.2) is 0 Å². The molecule has 0 bridgehead atoms. The van der Waals surface area contributed by atoms with E-state index in [0.717, 1.165) is 4.90 Å². The Labute approximate surface area is 41.4 Å². The zero-order chi connectivity index (χ0) is 4.41. The number of thiol groups is 1. The van der Waals surface area contributed by atoms with E-state index in [4.69, 9.17) is 0 Å². The quantitative estimate of drug-likeness (QED) is 0.485. The molecule has 0 atom stereocenters. The first kappa shape index (κ1) is 3.81. The van der Waals surface area contributed by atoms with Gasteiger partial charge in [-0.3, -0.25) is 0 Å². The summed E-state index contributed by atoms with van der Waals surface area (Å²) >= 11 is 3.89. The monoisotopic (exact) mass is 99.0 g/mol. The Morgan fingerprint density at radius 1 is 1.83 bits per heavy atom.